The molecule has 0 radical (unpaired) electrons. The quantitative estimate of drug-likeness (QED) is 0.612. The van der Waals surface area contributed by atoms with Crippen LogP contribution in [0.25, 0.3) is 0 Å². The van der Waals surface area contributed by atoms with E-state index in [1.165, 1.54) is 23.1 Å². The lowest BCUT2D eigenvalue weighted by atomic mass is 10.2. The Morgan fingerprint density at radius 1 is 1.53 bits per heavy atom. The molecule has 0 aromatic carbocycles. The zero-order valence-corrected chi connectivity index (χ0v) is 10.6. The van der Waals surface area contributed by atoms with Crippen LogP contribution in [0.1, 0.15) is 30.3 Å². The van der Waals surface area contributed by atoms with E-state index in [1.54, 1.807) is 6.92 Å². The maximum absolute atomic E-state index is 13.0. The first kappa shape index (κ1) is 13.5. The Kier molecular flexibility index (Phi) is 4.09. The highest BCUT2D eigenvalue weighted by Gasteiger charge is 2.36. The smallest absolute Gasteiger partial charge is 0.328 e. The van der Waals surface area contributed by atoms with Crippen molar-refractivity contribution in [2.45, 2.75) is 25.8 Å². The van der Waals surface area contributed by atoms with Gasteiger partial charge in [-0.3, -0.25) is 4.79 Å². The summed E-state index contributed by atoms with van der Waals surface area (Å²) in [4.78, 5) is 28.9. The molecule has 0 aliphatic carbocycles. The number of carbonyl (C=O) groups is 2. The molecule has 0 bridgehead atoms. The summed E-state index contributed by atoms with van der Waals surface area (Å²) in [6, 6.07) is 3.44. The van der Waals surface area contributed by atoms with Gasteiger partial charge in [0.05, 0.1) is 6.61 Å². The maximum Gasteiger partial charge on any atom is 0.328 e. The minimum absolute atomic E-state index is 0.0104. The van der Waals surface area contributed by atoms with Crippen LogP contribution in [0, 0.1) is 5.95 Å². The van der Waals surface area contributed by atoms with Gasteiger partial charge in [0.25, 0.3) is 5.91 Å². The Hall–Kier alpha value is -1.98. The molecule has 5 nitrogen and oxygen atoms in total. The van der Waals surface area contributed by atoms with Crippen LogP contribution < -0.4 is 0 Å². The molecule has 1 atom stereocenters. The van der Waals surface area contributed by atoms with Gasteiger partial charge >= 0.3 is 5.97 Å². The number of carbonyl (C=O) groups excluding carboxylic acids is 2. The topological polar surface area (TPSA) is 59.5 Å². The fourth-order valence-corrected chi connectivity index (χ4v) is 2.17. The van der Waals surface area contributed by atoms with Crippen molar-refractivity contribution in [2.24, 2.45) is 0 Å². The van der Waals surface area contributed by atoms with Gasteiger partial charge in [-0.15, -0.1) is 0 Å². The van der Waals surface area contributed by atoms with Gasteiger partial charge in [-0.25, -0.2) is 9.78 Å². The van der Waals surface area contributed by atoms with E-state index in [9.17, 15) is 14.0 Å². The molecule has 6 heteroatoms. The number of rotatable bonds is 3. The van der Waals surface area contributed by atoms with E-state index in [0.717, 1.165) is 6.42 Å². The highest BCUT2D eigenvalue weighted by Crippen LogP contribution is 2.20. The summed E-state index contributed by atoms with van der Waals surface area (Å²) < 4.78 is 18.0. The monoisotopic (exact) mass is 266 g/mol. The third-order valence-electron chi connectivity index (χ3n) is 3.01. The van der Waals surface area contributed by atoms with Crippen LogP contribution in [-0.2, 0) is 9.53 Å². The standard InChI is InChI=1S/C13H15FN2O3/c1-2-19-13(18)10-6-4-8-16(10)12(17)9-5-3-7-11(14)15-9/h3,5,7,10H,2,4,6,8H2,1H3. The molecule has 1 fully saturated rings. The Labute approximate surface area is 110 Å². The molecule has 1 amide bonds. The highest BCUT2D eigenvalue weighted by molar-refractivity contribution is 5.95. The summed E-state index contributed by atoms with van der Waals surface area (Å²) in [5.41, 5.74) is 0.0104. The molecule has 1 aliphatic rings. The van der Waals surface area contributed by atoms with Crippen LogP contribution >= 0.6 is 0 Å². The second kappa shape index (κ2) is 5.77. The summed E-state index contributed by atoms with van der Waals surface area (Å²) in [5, 5.41) is 0. The van der Waals surface area contributed by atoms with E-state index >= 15 is 0 Å². The van der Waals surface area contributed by atoms with Crippen molar-refractivity contribution >= 4 is 11.9 Å². The molecule has 1 unspecified atom stereocenters. The molecular weight excluding hydrogens is 251 g/mol. The largest absolute Gasteiger partial charge is 0.464 e. The Morgan fingerprint density at radius 3 is 3.00 bits per heavy atom. The molecule has 102 valence electrons. The third kappa shape index (κ3) is 2.89. The number of aromatic nitrogens is 1. The predicted molar refractivity (Wildman–Crippen MR) is 64.9 cm³/mol. The van der Waals surface area contributed by atoms with Crippen molar-refractivity contribution in [2.75, 3.05) is 13.2 Å². The SMILES string of the molecule is CCOC(=O)C1CCCN1C(=O)c1cccc(F)n1. The minimum atomic E-state index is -0.710. The number of pyridine rings is 1. The lowest BCUT2D eigenvalue weighted by molar-refractivity contribution is -0.147. The lowest BCUT2D eigenvalue weighted by Gasteiger charge is -2.22. The van der Waals surface area contributed by atoms with Crippen molar-refractivity contribution in [3.63, 3.8) is 0 Å². The number of hydrogen-bond donors (Lipinski definition) is 0. The van der Waals surface area contributed by atoms with Crippen LogP contribution in [0.2, 0.25) is 0 Å². The molecule has 19 heavy (non-hydrogen) atoms. The second-order valence-corrected chi connectivity index (χ2v) is 4.25. The fraction of sp³-hybridized carbons (Fsp3) is 0.462. The highest BCUT2D eigenvalue weighted by atomic mass is 19.1. The molecule has 1 saturated heterocycles. The van der Waals surface area contributed by atoms with E-state index in [0.29, 0.717) is 13.0 Å². The van der Waals surface area contributed by atoms with Crippen LogP contribution in [0.3, 0.4) is 0 Å². The van der Waals surface area contributed by atoms with Crippen molar-refractivity contribution in [1.29, 1.82) is 0 Å². The number of nitrogens with zero attached hydrogens (tertiary/aromatic N) is 2. The fourth-order valence-electron chi connectivity index (χ4n) is 2.17. The maximum atomic E-state index is 13.0. The molecule has 0 spiro atoms. The summed E-state index contributed by atoms with van der Waals surface area (Å²) in [7, 11) is 0. The number of halogens is 1. The van der Waals surface area contributed by atoms with Gasteiger partial charge in [-0.2, -0.15) is 4.39 Å². The zero-order valence-electron chi connectivity index (χ0n) is 10.6. The van der Waals surface area contributed by atoms with Crippen LogP contribution in [0.4, 0.5) is 4.39 Å². The summed E-state index contributed by atoms with van der Waals surface area (Å²) >= 11 is 0. The normalized spacial score (nSPS) is 18.4. The molecule has 0 N–H and O–H groups in total. The second-order valence-electron chi connectivity index (χ2n) is 4.25. The van der Waals surface area contributed by atoms with E-state index in [2.05, 4.69) is 4.98 Å². The molecule has 1 aliphatic heterocycles. The summed E-state index contributed by atoms with van der Waals surface area (Å²) in [6.07, 6.45) is 1.30. The number of ether oxygens (including phenoxy) is 1. The minimum Gasteiger partial charge on any atom is -0.464 e. The summed E-state index contributed by atoms with van der Waals surface area (Å²) in [6.45, 7) is 2.45. The molecule has 2 heterocycles. The number of esters is 1. The average Bonchev–Trinajstić information content (AvgIpc) is 2.87. The van der Waals surface area contributed by atoms with E-state index < -0.39 is 23.9 Å². The first-order valence-corrected chi connectivity index (χ1v) is 6.23. The Balaban J connectivity index is 2.16. The number of likely N-dealkylation sites (tertiary alicyclic amines) is 1. The van der Waals surface area contributed by atoms with Crippen LogP contribution in [-0.4, -0.2) is 41.0 Å². The van der Waals surface area contributed by atoms with Gasteiger partial charge in [0.15, 0.2) is 0 Å². The number of amides is 1. The van der Waals surface area contributed by atoms with Crippen molar-refractivity contribution in [3.8, 4) is 0 Å². The van der Waals surface area contributed by atoms with Gasteiger partial charge < -0.3 is 9.64 Å². The van der Waals surface area contributed by atoms with E-state index in [4.69, 9.17) is 4.74 Å². The molecule has 0 saturated carbocycles. The van der Waals surface area contributed by atoms with Crippen molar-refractivity contribution in [3.05, 3.63) is 29.8 Å². The first-order chi connectivity index (χ1) is 9.13. The molecule has 1 aromatic heterocycles. The predicted octanol–water partition coefficient (Wildman–Crippen LogP) is 1.39. The molecular formula is C13H15FN2O3. The Morgan fingerprint density at radius 2 is 2.32 bits per heavy atom. The van der Waals surface area contributed by atoms with Gasteiger partial charge in [0.1, 0.15) is 11.7 Å². The number of hydrogen-bond acceptors (Lipinski definition) is 4. The van der Waals surface area contributed by atoms with Gasteiger partial charge in [-0.1, -0.05) is 6.07 Å². The van der Waals surface area contributed by atoms with Crippen molar-refractivity contribution < 1.29 is 18.7 Å². The average molecular weight is 266 g/mol. The first-order valence-electron chi connectivity index (χ1n) is 6.23. The lowest BCUT2D eigenvalue weighted by Crippen LogP contribution is -2.41. The van der Waals surface area contributed by atoms with Crippen LogP contribution in [0.5, 0.6) is 0 Å². The molecule has 2 rings (SSSR count). The third-order valence-corrected chi connectivity index (χ3v) is 3.01. The van der Waals surface area contributed by atoms with E-state index in [-0.39, 0.29) is 12.3 Å². The Bertz CT molecular complexity index is 493. The van der Waals surface area contributed by atoms with Crippen molar-refractivity contribution in [1.82, 2.24) is 9.88 Å². The molecule has 1 aromatic rings. The van der Waals surface area contributed by atoms with Crippen LogP contribution in [0.15, 0.2) is 18.2 Å². The van der Waals surface area contributed by atoms with Gasteiger partial charge in [0.2, 0.25) is 5.95 Å². The van der Waals surface area contributed by atoms with Gasteiger partial charge in [-0.05, 0) is 31.9 Å². The zero-order chi connectivity index (χ0) is 13.8. The van der Waals surface area contributed by atoms with E-state index in [1.807, 2.05) is 0 Å². The van der Waals surface area contributed by atoms with Gasteiger partial charge in [0, 0.05) is 6.54 Å². The summed E-state index contributed by atoms with van der Waals surface area (Å²) in [5.74, 6) is -1.56.